The maximum atomic E-state index is 12.5. The summed E-state index contributed by atoms with van der Waals surface area (Å²) in [4.78, 5) is 22.9. The number of hydrogen-bond donors (Lipinski definition) is 1. The van der Waals surface area contributed by atoms with Crippen LogP contribution in [0.5, 0.6) is 0 Å². The van der Waals surface area contributed by atoms with Crippen molar-refractivity contribution < 1.29 is 4.79 Å². The molecule has 1 N–H and O–H groups in total. The van der Waals surface area contributed by atoms with E-state index in [4.69, 9.17) is 0 Å². The fourth-order valence-corrected chi connectivity index (χ4v) is 2.86. The number of fused-ring (bicyclic) bond motifs is 1. The molecule has 0 aliphatic carbocycles. The highest BCUT2D eigenvalue weighted by molar-refractivity contribution is 5.97. The number of carbonyl (C=O) groups excluding carboxylic acids is 1. The minimum atomic E-state index is 0.0704. The Bertz CT molecular complexity index is 679. The summed E-state index contributed by atoms with van der Waals surface area (Å²) in [7, 11) is 0. The molecule has 0 saturated heterocycles. The topological polar surface area (TPSA) is 58.1 Å². The minimum absolute atomic E-state index is 0.0704. The average Bonchev–Trinajstić information content (AvgIpc) is 2.51. The largest absolute Gasteiger partial charge is 0.361 e. The molecule has 0 saturated carbocycles. The summed E-state index contributed by atoms with van der Waals surface area (Å²) in [5.74, 6) is 1.47. The van der Waals surface area contributed by atoms with Crippen LogP contribution >= 0.6 is 0 Å². The van der Waals surface area contributed by atoms with Crippen molar-refractivity contribution in [2.45, 2.75) is 26.7 Å². The van der Waals surface area contributed by atoms with Gasteiger partial charge in [0.2, 0.25) is 5.91 Å². The van der Waals surface area contributed by atoms with Gasteiger partial charge in [-0.1, -0.05) is 18.2 Å². The van der Waals surface area contributed by atoms with E-state index in [1.54, 1.807) is 0 Å². The lowest BCUT2D eigenvalue weighted by Crippen LogP contribution is -2.39. The summed E-state index contributed by atoms with van der Waals surface area (Å²) >= 11 is 0. The predicted octanol–water partition coefficient (Wildman–Crippen LogP) is 2.48. The number of nitrogens with one attached hydrogen (secondary N) is 1. The third-order valence-corrected chi connectivity index (χ3v) is 3.80. The number of hydrogen-bond acceptors (Lipinski definition) is 4. The Morgan fingerprint density at radius 1 is 1.27 bits per heavy atom. The molecule has 5 nitrogen and oxygen atoms in total. The second-order valence-electron chi connectivity index (χ2n) is 5.57. The number of carbonyl (C=O) groups is 1. The second-order valence-corrected chi connectivity index (χ2v) is 5.57. The van der Waals surface area contributed by atoms with Crippen molar-refractivity contribution in [1.82, 2.24) is 9.97 Å². The van der Waals surface area contributed by atoms with E-state index in [9.17, 15) is 4.79 Å². The van der Waals surface area contributed by atoms with Crippen LogP contribution in [0.3, 0.4) is 0 Å². The van der Waals surface area contributed by atoms with Crippen molar-refractivity contribution in [3.63, 3.8) is 0 Å². The smallest absolute Gasteiger partial charge is 0.246 e. The van der Waals surface area contributed by atoms with Gasteiger partial charge in [0.05, 0.1) is 6.54 Å². The molecule has 1 aromatic carbocycles. The fraction of sp³-hybridized carbons (Fsp3) is 0.353. The van der Waals surface area contributed by atoms with Crippen LogP contribution in [0.4, 0.5) is 11.5 Å². The number of para-hydroxylation sites is 1. The summed E-state index contributed by atoms with van der Waals surface area (Å²) in [6.45, 7) is 4.78. The molecule has 0 spiro atoms. The van der Waals surface area contributed by atoms with E-state index in [0.717, 1.165) is 30.8 Å². The predicted molar refractivity (Wildman–Crippen MR) is 87.1 cm³/mol. The number of aromatic nitrogens is 2. The number of aryl methyl sites for hydroxylation is 3. The van der Waals surface area contributed by atoms with E-state index in [-0.39, 0.29) is 12.5 Å². The second kappa shape index (κ2) is 6.13. The third kappa shape index (κ3) is 3.08. The SMILES string of the molecule is Cc1cc(NCC(=O)N2CCCc3ccccc32)nc(C)n1. The van der Waals surface area contributed by atoms with Gasteiger partial charge in [0.1, 0.15) is 11.6 Å². The van der Waals surface area contributed by atoms with Crippen LogP contribution in [0.2, 0.25) is 0 Å². The molecule has 0 fully saturated rings. The highest BCUT2D eigenvalue weighted by Crippen LogP contribution is 2.26. The van der Waals surface area contributed by atoms with Crippen LogP contribution in [-0.4, -0.2) is 29.0 Å². The zero-order chi connectivity index (χ0) is 15.5. The first-order valence-electron chi connectivity index (χ1n) is 7.58. The summed E-state index contributed by atoms with van der Waals surface area (Å²) in [6, 6.07) is 9.97. The van der Waals surface area contributed by atoms with Crippen LogP contribution in [-0.2, 0) is 11.2 Å². The summed E-state index contributed by atoms with van der Waals surface area (Å²) in [5, 5.41) is 3.11. The van der Waals surface area contributed by atoms with Crippen molar-refractivity contribution in [2.75, 3.05) is 23.3 Å². The maximum absolute atomic E-state index is 12.5. The van der Waals surface area contributed by atoms with Gasteiger partial charge in [-0.15, -0.1) is 0 Å². The third-order valence-electron chi connectivity index (χ3n) is 3.80. The van der Waals surface area contributed by atoms with Gasteiger partial charge in [0.15, 0.2) is 0 Å². The number of benzene rings is 1. The van der Waals surface area contributed by atoms with Crippen LogP contribution in [0.1, 0.15) is 23.5 Å². The highest BCUT2D eigenvalue weighted by Gasteiger charge is 2.21. The molecular weight excluding hydrogens is 276 g/mol. The van der Waals surface area contributed by atoms with Gasteiger partial charge < -0.3 is 10.2 Å². The van der Waals surface area contributed by atoms with Crippen LogP contribution in [0, 0.1) is 13.8 Å². The summed E-state index contributed by atoms with van der Waals surface area (Å²) < 4.78 is 0. The van der Waals surface area contributed by atoms with Gasteiger partial charge in [-0.05, 0) is 38.3 Å². The number of anilines is 2. The molecule has 0 unspecified atom stereocenters. The van der Waals surface area contributed by atoms with E-state index in [1.165, 1.54) is 5.56 Å². The Morgan fingerprint density at radius 2 is 2.09 bits per heavy atom. The molecule has 1 aliphatic heterocycles. The minimum Gasteiger partial charge on any atom is -0.361 e. The number of rotatable bonds is 3. The normalized spacial score (nSPS) is 13.6. The molecule has 2 aromatic rings. The van der Waals surface area contributed by atoms with Crippen molar-refractivity contribution in [2.24, 2.45) is 0 Å². The zero-order valence-electron chi connectivity index (χ0n) is 13.0. The molecule has 3 rings (SSSR count). The van der Waals surface area contributed by atoms with Crippen molar-refractivity contribution in [3.8, 4) is 0 Å². The highest BCUT2D eigenvalue weighted by atomic mass is 16.2. The monoisotopic (exact) mass is 296 g/mol. The summed E-state index contributed by atoms with van der Waals surface area (Å²) in [6.07, 6.45) is 2.05. The summed E-state index contributed by atoms with van der Waals surface area (Å²) in [5.41, 5.74) is 3.18. The first kappa shape index (κ1) is 14.5. The standard InChI is InChI=1S/C17H20N4O/c1-12-10-16(20-13(2)19-12)18-11-17(22)21-9-5-7-14-6-3-4-8-15(14)21/h3-4,6,8,10H,5,7,9,11H2,1-2H3,(H,18,19,20). The lowest BCUT2D eigenvalue weighted by atomic mass is 10.0. The molecule has 2 heterocycles. The Labute approximate surface area is 130 Å². The van der Waals surface area contributed by atoms with E-state index in [0.29, 0.717) is 11.6 Å². The molecule has 1 aromatic heterocycles. The van der Waals surface area contributed by atoms with E-state index in [2.05, 4.69) is 21.4 Å². The van der Waals surface area contributed by atoms with Gasteiger partial charge >= 0.3 is 0 Å². The quantitative estimate of drug-likeness (QED) is 0.945. The van der Waals surface area contributed by atoms with Gasteiger partial charge in [-0.25, -0.2) is 9.97 Å². The average molecular weight is 296 g/mol. The molecular formula is C17H20N4O. The zero-order valence-corrected chi connectivity index (χ0v) is 13.0. The van der Waals surface area contributed by atoms with Crippen molar-refractivity contribution >= 4 is 17.4 Å². The number of nitrogens with zero attached hydrogens (tertiary/aromatic N) is 3. The molecule has 114 valence electrons. The van der Waals surface area contributed by atoms with Gasteiger partial charge in [0.25, 0.3) is 0 Å². The number of amides is 1. The Kier molecular flexibility index (Phi) is 4.04. The van der Waals surface area contributed by atoms with Crippen molar-refractivity contribution in [3.05, 3.63) is 47.4 Å². The first-order chi connectivity index (χ1) is 10.6. The first-order valence-corrected chi connectivity index (χ1v) is 7.58. The van der Waals surface area contributed by atoms with Crippen LogP contribution in [0.15, 0.2) is 30.3 Å². The molecule has 1 amide bonds. The molecule has 0 bridgehead atoms. The molecule has 0 radical (unpaired) electrons. The lowest BCUT2D eigenvalue weighted by molar-refractivity contribution is -0.117. The van der Waals surface area contributed by atoms with E-state index < -0.39 is 0 Å². The maximum Gasteiger partial charge on any atom is 0.246 e. The molecule has 5 heteroatoms. The van der Waals surface area contributed by atoms with Gasteiger partial charge in [-0.3, -0.25) is 4.79 Å². The van der Waals surface area contributed by atoms with Gasteiger partial charge in [-0.2, -0.15) is 0 Å². The molecule has 1 aliphatic rings. The van der Waals surface area contributed by atoms with Crippen molar-refractivity contribution in [1.29, 1.82) is 0 Å². The van der Waals surface area contributed by atoms with Crippen LogP contribution < -0.4 is 10.2 Å². The van der Waals surface area contributed by atoms with E-state index in [1.807, 2.05) is 43.0 Å². The lowest BCUT2D eigenvalue weighted by Gasteiger charge is -2.29. The molecule has 22 heavy (non-hydrogen) atoms. The van der Waals surface area contributed by atoms with Crippen LogP contribution in [0.25, 0.3) is 0 Å². The Morgan fingerprint density at radius 3 is 2.91 bits per heavy atom. The fourth-order valence-electron chi connectivity index (χ4n) is 2.86. The Balaban J connectivity index is 1.70. The Hall–Kier alpha value is -2.43. The van der Waals surface area contributed by atoms with E-state index >= 15 is 0 Å². The molecule has 0 atom stereocenters. The van der Waals surface area contributed by atoms with Gasteiger partial charge in [0, 0.05) is 24.0 Å².